The number of hydrogen-bond acceptors (Lipinski definition) is 3. The van der Waals surface area contributed by atoms with Crippen molar-refractivity contribution >= 4 is 27.3 Å². The van der Waals surface area contributed by atoms with Gasteiger partial charge in [0.25, 0.3) is 5.19 Å². The number of aromatic nitrogens is 1. The minimum Gasteiger partial charge on any atom is -0.464 e. The minimum absolute atomic E-state index is 0.114. The first-order valence-electron chi connectivity index (χ1n) is 3.83. The summed E-state index contributed by atoms with van der Waals surface area (Å²) in [5, 5.41) is 2.65. The van der Waals surface area contributed by atoms with Gasteiger partial charge in [0.05, 0.1) is 0 Å². The largest absolute Gasteiger partial charge is 0.464 e. The van der Waals surface area contributed by atoms with Crippen LogP contribution in [-0.2, 0) is 0 Å². The van der Waals surface area contributed by atoms with E-state index in [1.165, 1.54) is 11.3 Å². The van der Waals surface area contributed by atoms with Crippen molar-refractivity contribution in [3.05, 3.63) is 9.98 Å². The highest BCUT2D eigenvalue weighted by atomic mass is 79.9. The third kappa shape index (κ3) is 2.75. The molecule has 1 aromatic rings. The molecule has 0 saturated heterocycles. The van der Waals surface area contributed by atoms with E-state index in [0.29, 0.717) is 0 Å². The summed E-state index contributed by atoms with van der Waals surface area (Å²) in [7, 11) is 0. The van der Waals surface area contributed by atoms with E-state index < -0.39 is 0 Å². The molecule has 0 bridgehead atoms. The van der Waals surface area contributed by atoms with Crippen LogP contribution in [0.3, 0.4) is 0 Å². The lowest BCUT2D eigenvalue weighted by Gasteiger charge is -2.22. The van der Waals surface area contributed by atoms with Gasteiger partial charge in [0, 0.05) is 5.38 Å². The molecule has 2 nitrogen and oxygen atoms in total. The van der Waals surface area contributed by atoms with Crippen LogP contribution in [-0.4, -0.2) is 10.6 Å². The summed E-state index contributed by atoms with van der Waals surface area (Å²) in [6.45, 7) is 6.22. The second kappa shape index (κ2) is 3.75. The fourth-order valence-electron chi connectivity index (χ4n) is 0.594. The molecular formula is C8H12BrNOS. The second-order valence-electron chi connectivity index (χ2n) is 3.15. The molecule has 0 saturated carbocycles. The van der Waals surface area contributed by atoms with E-state index in [1.54, 1.807) is 0 Å². The normalized spacial score (nSPS) is 11.7. The van der Waals surface area contributed by atoms with Gasteiger partial charge in [-0.3, -0.25) is 0 Å². The highest BCUT2D eigenvalue weighted by molar-refractivity contribution is 9.10. The van der Waals surface area contributed by atoms with Crippen LogP contribution in [0.1, 0.15) is 27.2 Å². The maximum atomic E-state index is 5.65. The van der Waals surface area contributed by atoms with E-state index in [0.717, 1.165) is 16.2 Å². The quantitative estimate of drug-likeness (QED) is 0.819. The Labute approximate surface area is 85.1 Å². The Kier molecular flexibility index (Phi) is 3.12. The third-order valence-corrected chi connectivity index (χ3v) is 3.10. The van der Waals surface area contributed by atoms with Crippen LogP contribution in [0.15, 0.2) is 9.98 Å². The van der Waals surface area contributed by atoms with E-state index in [9.17, 15) is 0 Å². The summed E-state index contributed by atoms with van der Waals surface area (Å²) in [5.74, 6) is 0. The molecule has 4 heteroatoms. The van der Waals surface area contributed by atoms with Crippen molar-refractivity contribution in [2.45, 2.75) is 32.8 Å². The molecule has 0 amide bonds. The van der Waals surface area contributed by atoms with Crippen LogP contribution in [0.2, 0.25) is 0 Å². The number of hydrogen-bond donors (Lipinski definition) is 0. The summed E-state index contributed by atoms with van der Waals surface area (Å²) in [5.41, 5.74) is -0.114. The van der Waals surface area contributed by atoms with Crippen molar-refractivity contribution < 1.29 is 4.74 Å². The molecular weight excluding hydrogens is 238 g/mol. The molecule has 0 radical (unpaired) electrons. The zero-order valence-electron chi connectivity index (χ0n) is 7.43. The minimum atomic E-state index is -0.114. The molecule has 0 atom stereocenters. The monoisotopic (exact) mass is 249 g/mol. The number of nitrogens with zero attached hydrogens (tertiary/aromatic N) is 1. The number of halogens is 1. The lowest BCUT2D eigenvalue weighted by molar-refractivity contribution is 0.105. The lowest BCUT2D eigenvalue weighted by atomic mass is 10.1. The number of ether oxygens (including phenoxy) is 1. The predicted molar refractivity (Wildman–Crippen MR) is 54.8 cm³/mol. The van der Waals surface area contributed by atoms with Gasteiger partial charge in [0.15, 0.2) is 0 Å². The first kappa shape index (κ1) is 9.99. The first-order chi connectivity index (χ1) is 5.53. The zero-order valence-corrected chi connectivity index (χ0v) is 9.83. The van der Waals surface area contributed by atoms with Crippen molar-refractivity contribution in [2.24, 2.45) is 0 Å². The van der Waals surface area contributed by atoms with Gasteiger partial charge in [-0.25, -0.2) is 0 Å². The van der Waals surface area contributed by atoms with Crippen molar-refractivity contribution in [3.8, 4) is 5.19 Å². The van der Waals surface area contributed by atoms with Crippen molar-refractivity contribution in [1.29, 1.82) is 0 Å². The van der Waals surface area contributed by atoms with E-state index in [1.807, 2.05) is 5.38 Å². The van der Waals surface area contributed by atoms with Gasteiger partial charge in [-0.1, -0.05) is 18.3 Å². The van der Waals surface area contributed by atoms with E-state index in [2.05, 4.69) is 41.7 Å². The van der Waals surface area contributed by atoms with Gasteiger partial charge in [0.1, 0.15) is 10.2 Å². The molecule has 0 fully saturated rings. The van der Waals surface area contributed by atoms with Crippen molar-refractivity contribution in [1.82, 2.24) is 4.98 Å². The van der Waals surface area contributed by atoms with Crippen LogP contribution >= 0.6 is 27.3 Å². The van der Waals surface area contributed by atoms with Gasteiger partial charge >= 0.3 is 0 Å². The maximum Gasteiger partial charge on any atom is 0.274 e. The van der Waals surface area contributed by atoms with Crippen LogP contribution < -0.4 is 4.74 Å². The summed E-state index contributed by atoms with van der Waals surface area (Å²) in [6.07, 6.45) is 0.976. The van der Waals surface area contributed by atoms with E-state index in [4.69, 9.17) is 4.74 Å². The Hall–Kier alpha value is -0.0900. The molecule has 0 unspecified atom stereocenters. The molecule has 12 heavy (non-hydrogen) atoms. The topological polar surface area (TPSA) is 22.1 Å². The summed E-state index contributed by atoms with van der Waals surface area (Å²) < 4.78 is 6.49. The molecule has 0 aromatic carbocycles. The molecule has 1 heterocycles. The molecule has 0 aliphatic rings. The Morgan fingerprint density at radius 3 is 2.75 bits per heavy atom. The summed E-state index contributed by atoms with van der Waals surface area (Å²) in [4.78, 5) is 4.16. The smallest absolute Gasteiger partial charge is 0.274 e. The Bertz CT molecular complexity index is 259. The van der Waals surface area contributed by atoms with Gasteiger partial charge in [0.2, 0.25) is 0 Å². The maximum absolute atomic E-state index is 5.65. The lowest BCUT2D eigenvalue weighted by Crippen LogP contribution is -2.26. The SMILES string of the molecule is CCC(C)(C)Oc1nc(Br)cs1. The Morgan fingerprint density at radius 1 is 1.67 bits per heavy atom. The number of rotatable bonds is 3. The molecule has 1 rings (SSSR count). The third-order valence-electron chi connectivity index (χ3n) is 1.67. The molecule has 0 spiro atoms. The Morgan fingerprint density at radius 2 is 2.33 bits per heavy atom. The van der Waals surface area contributed by atoms with Crippen LogP contribution in [0, 0.1) is 0 Å². The van der Waals surface area contributed by atoms with Gasteiger partial charge < -0.3 is 4.74 Å². The van der Waals surface area contributed by atoms with Crippen LogP contribution in [0.5, 0.6) is 5.19 Å². The Balaban J connectivity index is 2.63. The first-order valence-corrected chi connectivity index (χ1v) is 5.51. The molecule has 0 aliphatic carbocycles. The van der Waals surface area contributed by atoms with E-state index >= 15 is 0 Å². The summed E-state index contributed by atoms with van der Waals surface area (Å²) >= 11 is 4.79. The van der Waals surface area contributed by atoms with Gasteiger partial charge in [-0.05, 0) is 36.2 Å². The fourth-order valence-corrected chi connectivity index (χ4v) is 1.83. The van der Waals surface area contributed by atoms with Crippen LogP contribution in [0.25, 0.3) is 0 Å². The van der Waals surface area contributed by atoms with Crippen molar-refractivity contribution in [2.75, 3.05) is 0 Å². The predicted octanol–water partition coefficient (Wildman–Crippen LogP) is 3.47. The molecule has 1 aromatic heterocycles. The summed E-state index contributed by atoms with van der Waals surface area (Å²) in [6, 6.07) is 0. The molecule has 68 valence electrons. The number of thiazole rings is 1. The van der Waals surface area contributed by atoms with Gasteiger partial charge in [-0.15, -0.1) is 0 Å². The highest BCUT2D eigenvalue weighted by Crippen LogP contribution is 2.26. The van der Waals surface area contributed by atoms with Gasteiger partial charge in [-0.2, -0.15) is 4.98 Å². The standard InChI is InChI=1S/C8H12BrNOS/c1-4-8(2,3)11-7-10-6(9)5-12-7/h5H,4H2,1-3H3. The zero-order chi connectivity index (χ0) is 9.19. The highest BCUT2D eigenvalue weighted by Gasteiger charge is 2.18. The van der Waals surface area contributed by atoms with Crippen LogP contribution in [0.4, 0.5) is 0 Å². The van der Waals surface area contributed by atoms with Crippen molar-refractivity contribution in [3.63, 3.8) is 0 Å². The van der Waals surface area contributed by atoms with E-state index in [-0.39, 0.29) is 5.60 Å². The molecule has 0 aliphatic heterocycles. The molecule has 0 N–H and O–H groups in total. The average Bonchev–Trinajstić information content (AvgIpc) is 2.35. The fraction of sp³-hybridized carbons (Fsp3) is 0.625. The average molecular weight is 250 g/mol. The second-order valence-corrected chi connectivity index (χ2v) is 4.78.